The number of hydrogen-bond acceptors (Lipinski definition) is 4. The largest absolute Gasteiger partial charge is 0.411 e. The minimum atomic E-state index is -4.35. The van der Waals surface area contributed by atoms with Crippen LogP contribution in [0.1, 0.15) is 42.4 Å². The molecule has 1 fully saturated rings. The van der Waals surface area contributed by atoms with Crippen molar-refractivity contribution in [2.75, 3.05) is 19.8 Å². The maximum Gasteiger partial charge on any atom is 0.411 e. The van der Waals surface area contributed by atoms with Crippen molar-refractivity contribution in [3.63, 3.8) is 0 Å². The molecule has 0 bridgehead atoms. The lowest BCUT2D eigenvalue weighted by Crippen LogP contribution is -2.39. The fraction of sp³-hybridized carbons (Fsp3) is 0.714. The van der Waals surface area contributed by atoms with Crippen molar-refractivity contribution in [1.82, 2.24) is 9.88 Å². The number of rotatable bonds is 5. The van der Waals surface area contributed by atoms with Gasteiger partial charge in [0.05, 0.1) is 19.1 Å². The average Bonchev–Trinajstić information content (AvgIpc) is 2.89. The highest BCUT2D eigenvalue weighted by Gasteiger charge is 2.30. The zero-order valence-corrected chi connectivity index (χ0v) is 13.2. The second-order valence-corrected chi connectivity index (χ2v) is 6.23. The number of carbonyl (C=O) groups excluding carboxylic acids is 1. The third-order valence-electron chi connectivity index (χ3n) is 3.47. The van der Waals surface area contributed by atoms with E-state index in [1.807, 2.05) is 12.3 Å². The highest BCUT2D eigenvalue weighted by atomic mass is 32.1. The summed E-state index contributed by atoms with van der Waals surface area (Å²) in [6, 6.07) is -0.0532. The molecule has 1 aliphatic heterocycles. The Balaban J connectivity index is 1.89. The number of ether oxygens (including phenoxy) is 1. The van der Waals surface area contributed by atoms with Crippen LogP contribution in [0.15, 0.2) is 5.38 Å². The zero-order chi connectivity index (χ0) is 16.2. The Morgan fingerprint density at radius 2 is 2.27 bits per heavy atom. The normalized spacial score (nSPS) is 19.5. The molecule has 2 heterocycles. The van der Waals surface area contributed by atoms with Gasteiger partial charge in [-0.3, -0.25) is 4.79 Å². The summed E-state index contributed by atoms with van der Waals surface area (Å²) < 4.78 is 40.5. The summed E-state index contributed by atoms with van der Waals surface area (Å²) in [5, 5.41) is 2.85. The van der Waals surface area contributed by atoms with Crippen LogP contribution in [0.3, 0.4) is 0 Å². The summed E-state index contributed by atoms with van der Waals surface area (Å²) in [5.74, 6) is -0.167. The number of piperidine rings is 1. The van der Waals surface area contributed by atoms with Gasteiger partial charge in [0.1, 0.15) is 11.6 Å². The Kier molecular flexibility index (Phi) is 5.80. The van der Waals surface area contributed by atoms with Crippen LogP contribution in [0.4, 0.5) is 13.2 Å². The summed E-state index contributed by atoms with van der Waals surface area (Å²) in [4.78, 5) is 18.4. The van der Waals surface area contributed by atoms with E-state index in [1.54, 1.807) is 4.90 Å². The van der Waals surface area contributed by atoms with E-state index in [1.165, 1.54) is 11.3 Å². The van der Waals surface area contributed by atoms with Gasteiger partial charge in [-0.1, -0.05) is 0 Å². The highest BCUT2D eigenvalue weighted by molar-refractivity contribution is 7.09. The minimum Gasteiger partial charge on any atom is -0.372 e. The second-order valence-electron chi connectivity index (χ2n) is 5.34. The molecule has 1 saturated heterocycles. The van der Waals surface area contributed by atoms with Crippen LogP contribution >= 0.6 is 11.3 Å². The predicted molar refractivity (Wildman–Crippen MR) is 76.6 cm³/mol. The number of aromatic nitrogens is 1. The molecule has 1 aromatic rings. The van der Waals surface area contributed by atoms with Crippen LogP contribution in [0.2, 0.25) is 0 Å². The van der Waals surface area contributed by atoms with E-state index in [0.717, 1.165) is 30.0 Å². The first-order chi connectivity index (χ1) is 10.4. The Hall–Kier alpha value is -1.15. The van der Waals surface area contributed by atoms with E-state index < -0.39 is 12.8 Å². The van der Waals surface area contributed by atoms with Crippen molar-refractivity contribution in [3.8, 4) is 0 Å². The maximum absolute atomic E-state index is 12.3. The quantitative estimate of drug-likeness (QED) is 0.773. The topological polar surface area (TPSA) is 42.4 Å². The first kappa shape index (κ1) is 17.2. The number of alkyl halides is 3. The smallest absolute Gasteiger partial charge is 0.372 e. The van der Waals surface area contributed by atoms with E-state index in [2.05, 4.69) is 9.72 Å². The molecule has 0 aliphatic carbocycles. The third kappa shape index (κ3) is 4.95. The fourth-order valence-electron chi connectivity index (χ4n) is 2.50. The van der Waals surface area contributed by atoms with Gasteiger partial charge in [-0.05, 0) is 26.2 Å². The second kappa shape index (κ2) is 7.41. The molecule has 1 aliphatic rings. The molecule has 2 rings (SSSR count). The number of carbonyl (C=O) groups is 1. The molecule has 0 saturated carbocycles. The Bertz CT molecular complexity index is 505. The molecule has 0 aromatic carbocycles. The van der Waals surface area contributed by atoms with Gasteiger partial charge in [-0.15, -0.1) is 11.3 Å². The number of likely N-dealkylation sites (tertiary alicyclic amines) is 1. The van der Waals surface area contributed by atoms with Gasteiger partial charge in [0.25, 0.3) is 0 Å². The van der Waals surface area contributed by atoms with Crippen LogP contribution in [0.25, 0.3) is 0 Å². The molecular weight excluding hydrogens is 317 g/mol. The van der Waals surface area contributed by atoms with Crippen LogP contribution in [0, 0.1) is 6.92 Å². The van der Waals surface area contributed by atoms with Crippen LogP contribution in [-0.2, 0) is 9.53 Å². The van der Waals surface area contributed by atoms with Crippen LogP contribution in [0.5, 0.6) is 0 Å². The number of thiazole rings is 1. The monoisotopic (exact) mass is 336 g/mol. The van der Waals surface area contributed by atoms with E-state index in [4.69, 9.17) is 0 Å². The molecule has 124 valence electrons. The molecule has 4 nitrogen and oxygen atoms in total. The summed E-state index contributed by atoms with van der Waals surface area (Å²) in [7, 11) is 0. The number of halogens is 3. The summed E-state index contributed by atoms with van der Waals surface area (Å²) in [6.07, 6.45) is -1.60. The van der Waals surface area contributed by atoms with Gasteiger partial charge in [-0.2, -0.15) is 13.2 Å². The fourth-order valence-corrected chi connectivity index (χ4v) is 3.45. The van der Waals surface area contributed by atoms with Gasteiger partial charge < -0.3 is 9.64 Å². The number of amides is 1. The van der Waals surface area contributed by atoms with Crippen LogP contribution < -0.4 is 0 Å². The molecule has 1 aromatic heterocycles. The summed E-state index contributed by atoms with van der Waals surface area (Å²) in [5.41, 5.74) is 0.923. The SMILES string of the molecule is Cc1csc(C2CCCCN2C(=O)CCOCC(F)(F)F)n1. The molecule has 1 unspecified atom stereocenters. The predicted octanol–water partition coefficient (Wildman–Crippen LogP) is 3.47. The Labute approximate surface area is 131 Å². The molecule has 22 heavy (non-hydrogen) atoms. The van der Waals surface area contributed by atoms with E-state index in [-0.39, 0.29) is 25.0 Å². The van der Waals surface area contributed by atoms with Gasteiger partial charge >= 0.3 is 6.18 Å². The van der Waals surface area contributed by atoms with Gasteiger partial charge in [0.15, 0.2) is 0 Å². The van der Waals surface area contributed by atoms with Gasteiger partial charge in [-0.25, -0.2) is 4.98 Å². The van der Waals surface area contributed by atoms with Gasteiger partial charge in [0.2, 0.25) is 5.91 Å². The lowest BCUT2D eigenvalue weighted by atomic mass is 10.0. The minimum absolute atomic E-state index is 0.0308. The van der Waals surface area contributed by atoms with Crippen molar-refractivity contribution >= 4 is 17.2 Å². The van der Waals surface area contributed by atoms with Crippen molar-refractivity contribution in [2.24, 2.45) is 0 Å². The average molecular weight is 336 g/mol. The number of hydrogen-bond donors (Lipinski definition) is 0. The number of aryl methyl sites for hydroxylation is 1. The van der Waals surface area contributed by atoms with Crippen molar-refractivity contribution in [1.29, 1.82) is 0 Å². The third-order valence-corrected chi connectivity index (χ3v) is 4.53. The van der Waals surface area contributed by atoms with Crippen molar-refractivity contribution in [2.45, 2.75) is 44.8 Å². The van der Waals surface area contributed by atoms with E-state index >= 15 is 0 Å². The van der Waals surface area contributed by atoms with Crippen LogP contribution in [-0.4, -0.2) is 41.7 Å². The van der Waals surface area contributed by atoms with Crippen molar-refractivity contribution in [3.05, 3.63) is 16.1 Å². The maximum atomic E-state index is 12.3. The molecule has 0 radical (unpaired) electrons. The Morgan fingerprint density at radius 3 is 2.91 bits per heavy atom. The summed E-state index contributed by atoms with van der Waals surface area (Å²) in [6.45, 7) is 1.01. The highest BCUT2D eigenvalue weighted by Crippen LogP contribution is 2.33. The van der Waals surface area contributed by atoms with E-state index in [9.17, 15) is 18.0 Å². The lowest BCUT2D eigenvalue weighted by molar-refractivity contribution is -0.175. The van der Waals surface area contributed by atoms with Crippen molar-refractivity contribution < 1.29 is 22.7 Å². The molecular formula is C14H19F3N2O2S. The first-order valence-corrected chi connectivity index (χ1v) is 8.11. The molecule has 0 N–H and O–H groups in total. The lowest BCUT2D eigenvalue weighted by Gasteiger charge is -2.34. The molecule has 1 atom stereocenters. The zero-order valence-electron chi connectivity index (χ0n) is 12.4. The molecule has 0 spiro atoms. The van der Waals surface area contributed by atoms with E-state index in [0.29, 0.717) is 6.54 Å². The van der Waals surface area contributed by atoms with Gasteiger partial charge in [0, 0.05) is 17.6 Å². The Morgan fingerprint density at radius 1 is 1.50 bits per heavy atom. The summed E-state index contributed by atoms with van der Waals surface area (Å²) >= 11 is 1.52. The number of nitrogens with zero attached hydrogens (tertiary/aromatic N) is 2. The standard InChI is InChI=1S/C14H19F3N2O2S/c1-10-8-22-13(18-10)11-4-2-3-6-19(11)12(20)5-7-21-9-14(15,16)17/h8,11H,2-7,9H2,1H3. The molecule has 1 amide bonds. The first-order valence-electron chi connectivity index (χ1n) is 7.23. The molecule has 8 heteroatoms.